The molecule has 1 aromatic carbocycles. The van der Waals surface area contributed by atoms with Crippen LogP contribution in [0, 0.1) is 0 Å². The number of carbonyl (C=O) groups excluding carboxylic acids is 1. The zero-order valence-electron chi connectivity index (χ0n) is 12.3. The normalized spacial score (nSPS) is 10.3. The van der Waals surface area contributed by atoms with Crippen molar-refractivity contribution in [3.63, 3.8) is 0 Å². The summed E-state index contributed by atoms with van der Waals surface area (Å²) < 4.78 is 12.2. The summed E-state index contributed by atoms with van der Waals surface area (Å²) in [5.74, 6) is 0.904. The molecule has 1 aromatic heterocycles. The number of hydrogen-bond acceptors (Lipinski definition) is 5. The molecule has 0 bridgehead atoms. The van der Waals surface area contributed by atoms with Gasteiger partial charge in [-0.1, -0.05) is 11.6 Å². The quantitative estimate of drug-likeness (QED) is 0.806. The van der Waals surface area contributed by atoms with Crippen molar-refractivity contribution >= 4 is 23.3 Å². The number of carbonyl (C=O) groups is 1. The summed E-state index contributed by atoms with van der Waals surface area (Å²) in [6, 6.07) is 5.37. The number of methoxy groups -OCH3 is 1. The number of benzene rings is 1. The van der Waals surface area contributed by atoms with E-state index in [1.165, 1.54) is 7.11 Å². The van der Waals surface area contributed by atoms with Gasteiger partial charge < -0.3 is 20.5 Å². The first-order chi connectivity index (χ1) is 10.5. The van der Waals surface area contributed by atoms with Crippen molar-refractivity contribution < 1.29 is 14.3 Å². The van der Waals surface area contributed by atoms with Gasteiger partial charge in [-0.05, 0) is 17.7 Å². The number of nitrogens with one attached hydrogen (secondary N) is 1. The van der Waals surface area contributed by atoms with Crippen molar-refractivity contribution in [2.75, 3.05) is 19.0 Å². The third kappa shape index (κ3) is 4.05. The lowest BCUT2D eigenvalue weighted by atomic mass is 10.2. The number of rotatable bonds is 7. The zero-order chi connectivity index (χ0) is 16.1. The van der Waals surface area contributed by atoms with Gasteiger partial charge in [-0.3, -0.25) is 9.48 Å². The van der Waals surface area contributed by atoms with Crippen LogP contribution in [-0.2, 0) is 18.4 Å². The number of amides is 1. The first-order valence-corrected chi connectivity index (χ1v) is 6.88. The number of aryl methyl sites for hydroxylation is 1. The molecule has 0 fully saturated rings. The number of aromatic nitrogens is 2. The maximum absolute atomic E-state index is 10.8. The second kappa shape index (κ2) is 7.04. The highest BCUT2D eigenvalue weighted by Gasteiger charge is 2.13. The van der Waals surface area contributed by atoms with E-state index in [1.807, 2.05) is 19.3 Å². The van der Waals surface area contributed by atoms with E-state index in [4.69, 9.17) is 26.8 Å². The van der Waals surface area contributed by atoms with Gasteiger partial charge in [0, 0.05) is 25.9 Å². The fourth-order valence-electron chi connectivity index (χ4n) is 1.86. The molecule has 0 aliphatic heterocycles. The highest BCUT2D eigenvalue weighted by atomic mass is 35.5. The maximum atomic E-state index is 10.8. The summed E-state index contributed by atoms with van der Waals surface area (Å²) in [5.41, 5.74) is 5.95. The Morgan fingerprint density at radius 2 is 2.27 bits per heavy atom. The molecule has 0 saturated heterocycles. The Bertz CT molecular complexity index is 672. The van der Waals surface area contributed by atoms with Crippen LogP contribution in [0.5, 0.6) is 11.5 Å². The van der Waals surface area contributed by atoms with E-state index < -0.39 is 5.91 Å². The molecular formula is C14H17ClN4O3. The number of halogens is 1. The van der Waals surface area contributed by atoms with Crippen LogP contribution < -0.4 is 20.5 Å². The summed E-state index contributed by atoms with van der Waals surface area (Å²) in [6.07, 6.45) is 1.84. The van der Waals surface area contributed by atoms with E-state index in [9.17, 15) is 4.79 Å². The van der Waals surface area contributed by atoms with Crippen molar-refractivity contribution in [2.24, 2.45) is 12.8 Å². The molecule has 0 unspecified atom stereocenters. The van der Waals surface area contributed by atoms with Crippen molar-refractivity contribution in [1.29, 1.82) is 0 Å². The molecule has 1 amide bonds. The topological polar surface area (TPSA) is 91.4 Å². The van der Waals surface area contributed by atoms with E-state index in [1.54, 1.807) is 16.8 Å². The number of nitrogens with two attached hydrogens (primary N) is 1. The van der Waals surface area contributed by atoms with Crippen LogP contribution in [0.3, 0.4) is 0 Å². The predicted molar refractivity (Wildman–Crippen MR) is 83.2 cm³/mol. The van der Waals surface area contributed by atoms with Gasteiger partial charge in [-0.15, -0.1) is 0 Å². The summed E-state index contributed by atoms with van der Waals surface area (Å²) in [5, 5.41) is 7.74. The second-order valence-corrected chi connectivity index (χ2v) is 5.00. The third-order valence-corrected chi connectivity index (χ3v) is 3.12. The van der Waals surface area contributed by atoms with Gasteiger partial charge in [0.2, 0.25) is 0 Å². The van der Waals surface area contributed by atoms with Gasteiger partial charge in [0.05, 0.1) is 12.1 Å². The lowest BCUT2D eigenvalue weighted by Crippen LogP contribution is -2.20. The van der Waals surface area contributed by atoms with Crippen LogP contribution in [0.2, 0.25) is 5.02 Å². The molecule has 0 spiro atoms. The largest absolute Gasteiger partial charge is 0.493 e. The Morgan fingerprint density at radius 3 is 2.86 bits per heavy atom. The van der Waals surface area contributed by atoms with Crippen LogP contribution in [0.25, 0.3) is 0 Å². The molecule has 2 rings (SSSR count). The van der Waals surface area contributed by atoms with Crippen LogP contribution >= 0.6 is 11.6 Å². The van der Waals surface area contributed by atoms with E-state index in [-0.39, 0.29) is 6.61 Å². The predicted octanol–water partition coefficient (Wildman–Crippen LogP) is 1.56. The average Bonchev–Trinajstić information content (AvgIpc) is 2.88. The minimum absolute atomic E-state index is 0.262. The van der Waals surface area contributed by atoms with Gasteiger partial charge in [-0.25, -0.2) is 0 Å². The molecule has 3 N–H and O–H groups in total. The molecular weight excluding hydrogens is 308 g/mol. The van der Waals surface area contributed by atoms with Gasteiger partial charge in [-0.2, -0.15) is 5.10 Å². The fourth-order valence-corrected chi connectivity index (χ4v) is 2.15. The average molecular weight is 325 g/mol. The molecule has 0 radical (unpaired) electrons. The van der Waals surface area contributed by atoms with Crippen molar-refractivity contribution in [1.82, 2.24) is 9.78 Å². The van der Waals surface area contributed by atoms with E-state index >= 15 is 0 Å². The van der Waals surface area contributed by atoms with E-state index in [2.05, 4.69) is 10.4 Å². The van der Waals surface area contributed by atoms with E-state index in [0.717, 1.165) is 11.4 Å². The molecule has 1 heterocycles. The van der Waals surface area contributed by atoms with Crippen LogP contribution in [-0.4, -0.2) is 29.4 Å². The number of primary amides is 1. The number of nitrogens with zero attached hydrogens (tertiary/aromatic N) is 2. The lowest BCUT2D eigenvalue weighted by molar-refractivity contribution is -0.119. The molecule has 0 aliphatic rings. The minimum atomic E-state index is -0.584. The van der Waals surface area contributed by atoms with Crippen molar-refractivity contribution in [3.05, 3.63) is 35.0 Å². The summed E-state index contributed by atoms with van der Waals surface area (Å²) >= 11 is 6.18. The van der Waals surface area contributed by atoms with Gasteiger partial charge in [0.1, 0.15) is 5.82 Å². The molecule has 22 heavy (non-hydrogen) atoms. The number of hydrogen-bond donors (Lipinski definition) is 2. The van der Waals surface area contributed by atoms with Gasteiger partial charge >= 0.3 is 0 Å². The Morgan fingerprint density at radius 1 is 1.50 bits per heavy atom. The molecule has 2 aromatic rings. The highest BCUT2D eigenvalue weighted by molar-refractivity contribution is 6.32. The molecule has 0 atom stereocenters. The SMILES string of the molecule is COc1cc(CNc2ccn(C)n2)cc(Cl)c1OCC(N)=O. The summed E-state index contributed by atoms with van der Waals surface area (Å²) in [6.45, 7) is 0.255. The lowest BCUT2D eigenvalue weighted by Gasteiger charge is -2.13. The smallest absolute Gasteiger partial charge is 0.255 e. The van der Waals surface area contributed by atoms with Crippen LogP contribution in [0.4, 0.5) is 5.82 Å². The van der Waals surface area contributed by atoms with E-state index in [0.29, 0.717) is 23.1 Å². The Balaban J connectivity index is 2.12. The first kappa shape index (κ1) is 16.0. The molecule has 8 heteroatoms. The minimum Gasteiger partial charge on any atom is -0.493 e. The van der Waals surface area contributed by atoms with Crippen LogP contribution in [0.15, 0.2) is 24.4 Å². The molecule has 0 aliphatic carbocycles. The Hall–Kier alpha value is -2.41. The van der Waals surface area contributed by atoms with Gasteiger partial charge in [0.25, 0.3) is 5.91 Å². The summed E-state index contributed by atoms with van der Waals surface area (Å²) in [7, 11) is 3.34. The first-order valence-electron chi connectivity index (χ1n) is 6.50. The molecule has 7 nitrogen and oxygen atoms in total. The third-order valence-electron chi connectivity index (χ3n) is 2.84. The Labute approximate surface area is 133 Å². The fraction of sp³-hybridized carbons (Fsp3) is 0.286. The summed E-state index contributed by atoms with van der Waals surface area (Å²) in [4.78, 5) is 10.8. The van der Waals surface area contributed by atoms with Crippen LogP contribution in [0.1, 0.15) is 5.56 Å². The monoisotopic (exact) mass is 324 g/mol. The van der Waals surface area contributed by atoms with Crippen molar-refractivity contribution in [2.45, 2.75) is 6.54 Å². The standard InChI is InChI=1S/C14H17ClN4O3/c1-19-4-3-13(18-19)17-7-9-5-10(15)14(11(6-9)21-2)22-8-12(16)20/h3-6H,7-8H2,1-2H3,(H2,16,20)(H,17,18). The van der Waals surface area contributed by atoms with Crippen molar-refractivity contribution in [3.8, 4) is 11.5 Å². The Kier molecular flexibility index (Phi) is 5.11. The van der Waals surface area contributed by atoms with Gasteiger partial charge in [0.15, 0.2) is 18.1 Å². The molecule has 0 saturated carbocycles. The number of anilines is 1. The maximum Gasteiger partial charge on any atom is 0.255 e. The second-order valence-electron chi connectivity index (χ2n) is 4.59. The highest BCUT2D eigenvalue weighted by Crippen LogP contribution is 2.36. The zero-order valence-corrected chi connectivity index (χ0v) is 13.1. The molecule has 118 valence electrons. The number of ether oxygens (including phenoxy) is 2.